The van der Waals surface area contributed by atoms with Crippen LogP contribution in [0.3, 0.4) is 0 Å². The zero-order valence-electron chi connectivity index (χ0n) is 13.5. The van der Waals surface area contributed by atoms with Gasteiger partial charge in [-0.25, -0.2) is 4.79 Å². The number of hydrogen-bond acceptors (Lipinski definition) is 3. The molecule has 0 aliphatic rings. The molecule has 6 heteroatoms. The molecule has 0 aliphatic carbocycles. The number of amides is 1. The van der Waals surface area contributed by atoms with Crippen molar-refractivity contribution >= 4 is 28.3 Å². The normalized spacial score (nSPS) is 11.2. The van der Waals surface area contributed by atoms with Gasteiger partial charge < -0.3 is 5.11 Å². The van der Waals surface area contributed by atoms with Gasteiger partial charge in [0.25, 0.3) is 0 Å². The van der Waals surface area contributed by atoms with E-state index in [0.717, 1.165) is 20.7 Å². The lowest BCUT2D eigenvalue weighted by atomic mass is 10.1. The molecule has 0 heterocycles. The van der Waals surface area contributed by atoms with E-state index in [9.17, 15) is 14.7 Å². The summed E-state index contributed by atoms with van der Waals surface area (Å²) in [4.78, 5) is 28.0. The number of carboxylic acids is 1. The van der Waals surface area contributed by atoms with Crippen LogP contribution >= 0.6 is 15.9 Å². The Bertz CT molecular complexity index is 729. The van der Waals surface area contributed by atoms with Gasteiger partial charge >= 0.3 is 5.97 Å². The number of aliphatic carboxylic acids is 1. The Morgan fingerprint density at radius 1 is 1.08 bits per heavy atom. The van der Waals surface area contributed by atoms with Crippen LogP contribution in [0, 0.1) is 0 Å². The second-order valence-corrected chi connectivity index (χ2v) is 6.17. The van der Waals surface area contributed by atoms with Crippen molar-refractivity contribution in [3.63, 3.8) is 0 Å². The number of hydroxylamine groups is 2. The molecule has 0 spiro atoms. The standard InChI is InChI=1S/C19H18BrNO4/c20-17-11-9-15(10-12-17)7-4-8-18(19(23)24)21(14-22)25-13-16-5-2-1-3-6-16/h1-3,5-6,8-12,14H,4,7,13H2,(H,23,24)/b18-8+. The number of halogens is 1. The Morgan fingerprint density at radius 3 is 2.36 bits per heavy atom. The van der Waals surface area contributed by atoms with Crippen molar-refractivity contribution in [2.75, 3.05) is 0 Å². The fourth-order valence-electron chi connectivity index (χ4n) is 2.17. The largest absolute Gasteiger partial charge is 0.477 e. The van der Waals surface area contributed by atoms with Crippen molar-refractivity contribution in [1.29, 1.82) is 0 Å². The van der Waals surface area contributed by atoms with E-state index in [0.29, 0.717) is 19.3 Å². The highest BCUT2D eigenvalue weighted by Crippen LogP contribution is 2.14. The van der Waals surface area contributed by atoms with Gasteiger partial charge in [0.15, 0.2) is 5.70 Å². The number of aryl methyl sites for hydroxylation is 1. The van der Waals surface area contributed by atoms with Crippen molar-refractivity contribution in [2.24, 2.45) is 0 Å². The number of nitrogens with zero attached hydrogens (tertiary/aromatic N) is 1. The molecule has 2 aromatic rings. The molecule has 130 valence electrons. The average Bonchev–Trinajstić information content (AvgIpc) is 2.62. The summed E-state index contributed by atoms with van der Waals surface area (Å²) in [6.07, 6.45) is 2.99. The lowest BCUT2D eigenvalue weighted by molar-refractivity contribution is -0.171. The summed E-state index contributed by atoms with van der Waals surface area (Å²) in [5.41, 5.74) is 1.73. The number of benzene rings is 2. The van der Waals surface area contributed by atoms with E-state index < -0.39 is 5.97 Å². The fraction of sp³-hybridized carbons (Fsp3) is 0.158. The van der Waals surface area contributed by atoms with E-state index in [1.807, 2.05) is 54.6 Å². The first-order valence-corrected chi connectivity index (χ1v) is 8.48. The fourth-order valence-corrected chi connectivity index (χ4v) is 2.44. The molecule has 0 saturated carbocycles. The highest BCUT2D eigenvalue weighted by atomic mass is 79.9. The molecule has 2 aromatic carbocycles. The van der Waals surface area contributed by atoms with Crippen LogP contribution < -0.4 is 0 Å². The van der Waals surface area contributed by atoms with E-state index in [4.69, 9.17) is 4.84 Å². The second-order valence-electron chi connectivity index (χ2n) is 5.25. The van der Waals surface area contributed by atoms with Gasteiger partial charge in [-0.3, -0.25) is 9.63 Å². The summed E-state index contributed by atoms with van der Waals surface area (Å²) >= 11 is 3.37. The van der Waals surface area contributed by atoms with Gasteiger partial charge in [-0.05, 0) is 36.1 Å². The molecule has 0 aliphatic heterocycles. The summed E-state index contributed by atoms with van der Waals surface area (Å²) in [7, 11) is 0. The maximum absolute atomic E-state index is 11.4. The Labute approximate surface area is 154 Å². The van der Waals surface area contributed by atoms with E-state index in [-0.39, 0.29) is 12.3 Å². The smallest absolute Gasteiger partial charge is 0.354 e. The molecular weight excluding hydrogens is 386 g/mol. The third kappa shape index (κ3) is 6.17. The van der Waals surface area contributed by atoms with Gasteiger partial charge in [-0.15, -0.1) is 0 Å². The number of carbonyl (C=O) groups is 2. The van der Waals surface area contributed by atoms with Gasteiger partial charge in [0.05, 0.1) is 0 Å². The highest BCUT2D eigenvalue weighted by Gasteiger charge is 2.17. The van der Waals surface area contributed by atoms with Crippen molar-refractivity contribution in [2.45, 2.75) is 19.4 Å². The summed E-state index contributed by atoms with van der Waals surface area (Å²) in [5.74, 6) is -1.21. The number of rotatable bonds is 9. The Morgan fingerprint density at radius 2 is 1.76 bits per heavy atom. The van der Waals surface area contributed by atoms with Crippen molar-refractivity contribution in [3.05, 3.63) is 82.0 Å². The molecule has 25 heavy (non-hydrogen) atoms. The summed E-state index contributed by atoms with van der Waals surface area (Å²) < 4.78 is 0.986. The summed E-state index contributed by atoms with van der Waals surface area (Å²) in [6.45, 7) is 0.108. The molecule has 0 saturated heterocycles. The average molecular weight is 404 g/mol. The maximum Gasteiger partial charge on any atom is 0.354 e. The summed E-state index contributed by atoms with van der Waals surface area (Å²) in [6, 6.07) is 17.0. The van der Waals surface area contributed by atoms with E-state index in [2.05, 4.69) is 15.9 Å². The van der Waals surface area contributed by atoms with Gasteiger partial charge in [0.1, 0.15) is 6.61 Å². The maximum atomic E-state index is 11.4. The number of hydrogen-bond donors (Lipinski definition) is 1. The minimum absolute atomic E-state index is 0.108. The van der Waals surface area contributed by atoms with Crippen LogP contribution in [0.5, 0.6) is 0 Å². The molecule has 2 rings (SSSR count). The van der Waals surface area contributed by atoms with Gasteiger partial charge in [0, 0.05) is 4.47 Å². The van der Waals surface area contributed by atoms with Crippen LogP contribution in [-0.2, 0) is 27.5 Å². The molecule has 0 atom stereocenters. The molecule has 0 fully saturated rings. The number of carbonyl (C=O) groups excluding carboxylic acids is 1. The molecule has 5 nitrogen and oxygen atoms in total. The molecule has 0 aromatic heterocycles. The molecule has 0 bridgehead atoms. The minimum atomic E-state index is -1.21. The second kappa shape index (κ2) is 9.76. The van der Waals surface area contributed by atoms with Crippen molar-refractivity contribution < 1.29 is 19.5 Å². The van der Waals surface area contributed by atoms with Crippen LogP contribution in [-0.4, -0.2) is 22.5 Å². The Kier molecular flexibility index (Phi) is 7.37. The Hall–Kier alpha value is -2.44. The van der Waals surface area contributed by atoms with Crippen LogP contribution in [0.1, 0.15) is 17.5 Å². The molecule has 0 unspecified atom stereocenters. The lowest BCUT2D eigenvalue weighted by Crippen LogP contribution is -2.26. The zero-order valence-corrected chi connectivity index (χ0v) is 15.1. The van der Waals surface area contributed by atoms with Gasteiger partial charge in [-0.1, -0.05) is 64.5 Å². The topological polar surface area (TPSA) is 66.8 Å². The molecule has 1 amide bonds. The highest BCUT2D eigenvalue weighted by molar-refractivity contribution is 9.10. The Balaban J connectivity index is 1.99. The predicted molar refractivity (Wildman–Crippen MR) is 97.3 cm³/mol. The first-order chi connectivity index (χ1) is 12.1. The van der Waals surface area contributed by atoms with Crippen molar-refractivity contribution in [1.82, 2.24) is 5.06 Å². The number of carboxylic acid groups (broad SMARTS) is 1. The van der Waals surface area contributed by atoms with E-state index in [1.54, 1.807) is 0 Å². The predicted octanol–water partition coefficient (Wildman–Crippen LogP) is 3.94. The van der Waals surface area contributed by atoms with E-state index in [1.165, 1.54) is 6.08 Å². The van der Waals surface area contributed by atoms with Gasteiger partial charge in [-0.2, -0.15) is 5.06 Å². The molecular formula is C19H18BrNO4. The minimum Gasteiger partial charge on any atom is -0.477 e. The first kappa shape index (κ1) is 18.9. The van der Waals surface area contributed by atoms with Crippen LogP contribution in [0.4, 0.5) is 0 Å². The number of allylic oxidation sites excluding steroid dienone is 1. The third-order valence-electron chi connectivity index (χ3n) is 3.45. The molecule has 0 radical (unpaired) electrons. The SMILES string of the molecule is O=CN(OCc1ccccc1)/C(=C/CCc1ccc(Br)cc1)C(=O)O. The lowest BCUT2D eigenvalue weighted by Gasteiger charge is -2.17. The summed E-state index contributed by atoms with van der Waals surface area (Å²) in [5, 5.41) is 10.1. The van der Waals surface area contributed by atoms with Crippen LogP contribution in [0.25, 0.3) is 0 Å². The molecule has 1 N–H and O–H groups in total. The van der Waals surface area contributed by atoms with Gasteiger partial charge in [0.2, 0.25) is 6.41 Å². The van der Waals surface area contributed by atoms with Crippen LogP contribution in [0.15, 0.2) is 70.8 Å². The monoisotopic (exact) mass is 403 g/mol. The quantitative estimate of drug-likeness (QED) is 0.391. The first-order valence-electron chi connectivity index (χ1n) is 7.69. The van der Waals surface area contributed by atoms with Crippen LogP contribution in [0.2, 0.25) is 0 Å². The van der Waals surface area contributed by atoms with Crippen molar-refractivity contribution in [3.8, 4) is 0 Å². The third-order valence-corrected chi connectivity index (χ3v) is 3.98. The van der Waals surface area contributed by atoms with E-state index >= 15 is 0 Å². The zero-order chi connectivity index (χ0) is 18.1.